The molecular weight excluding hydrogens is 360 g/mol. The molecule has 0 unspecified atom stereocenters. The molecule has 0 aliphatic carbocycles. The summed E-state index contributed by atoms with van der Waals surface area (Å²) in [5, 5.41) is 6.21. The van der Waals surface area contributed by atoms with Gasteiger partial charge in [0, 0.05) is 32.7 Å². The molecule has 28 heavy (non-hydrogen) atoms. The highest BCUT2D eigenvalue weighted by molar-refractivity contribution is 5.92. The van der Waals surface area contributed by atoms with E-state index < -0.39 is 0 Å². The van der Waals surface area contributed by atoms with E-state index in [-0.39, 0.29) is 12.7 Å². The van der Waals surface area contributed by atoms with Gasteiger partial charge in [0.25, 0.3) is 5.91 Å². The zero-order chi connectivity index (χ0) is 19.2. The normalized spacial score (nSPS) is 16.0. The lowest BCUT2D eigenvalue weighted by Crippen LogP contribution is -2.39. The summed E-state index contributed by atoms with van der Waals surface area (Å²) in [6, 6.07) is 9.23. The predicted octanol–water partition coefficient (Wildman–Crippen LogP) is 1.48. The third kappa shape index (κ3) is 4.71. The van der Waals surface area contributed by atoms with Gasteiger partial charge in [0.2, 0.25) is 6.79 Å². The lowest BCUT2D eigenvalue weighted by molar-refractivity contribution is 0.0398. The highest BCUT2D eigenvalue weighted by Gasteiger charge is 2.14. The minimum atomic E-state index is -0.211. The van der Waals surface area contributed by atoms with Crippen molar-refractivity contribution in [2.24, 2.45) is 0 Å². The van der Waals surface area contributed by atoms with Crippen LogP contribution in [0, 0.1) is 0 Å². The highest BCUT2D eigenvalue weighted by atomic mass is 16.7. The van der Waals surface area contributed by atoms with Crippen molar-refractivity contribution in [1.82, 2.24) is 15.2 Å². The van der Waals surface area contributed by atoms with Crippen LogP contribution in [0.15, 0.2) is 36.5 Å². The number of hydrogen-bond acceptors (Lipinski definition) is 7. The van der Waals surface area contributed by atoms with Crippen LogP contribution in [0.3, 0.4) is 0 Å². The zero-order valence-electron chi connectivity index (χ0n) is 15.6. The van der Waals surface area contributed by atoms with Crippen LogP contribution in [-0.2, 0) is 11.3 Å². The molecule has 148 valence electrons. The summed E-state index contributed by atoms with van der Waals surface area (Å²) in [6.45, 7) is 5.98. The molecule has 2 N–H and O–H groups in total. The van der Waals surface area contributed by atoms with Crippen molar-refractivity contribution < 1.29 is 19.0 Å². The summed E-state index contributed by atoms with van der Waals surface area (Å²) < 4.78 is 16.0. The van der Waals surface area contributed by atoms with Crippen LogP contribution < -0.4 is 20.1 Å². The first kappa shape index (κ1) is 18.5. The second kappa shape index (κ2) is 8.90. The topological polar surface area (TPSA) is 85.0 Å². The van der Waals surface area contributed by atoms with E-state index in [1.165, 1.54) is 0 Å². The first-order valence-electron chi connectivity index (χ1n) is 9.45. The van der Waals surface area contributed by atoms with Crippen molar-refractivity contribution in [2.75, 3.05) is 51.5 Å². The maximum atomic E-state index is 12.3. The molecule has 0 saturated carbocycles. The molecular formula is C20H24N4O4. The average molecular weight is 384 g/mol. The van der Waals surface area contributed by atoms with Crippen molar-refractivity contribution in [1.29, 1.82) is 0 Å². The van der Waals surface area contributed by atoms with Crippen molar-refractivity contribution in [2.45, 2.75) is 6.54 Å². The van der Waals surface area contributed by atoms with Gasteiger partial charge in [-0.25, -0.2) is 4.98 Å². The minimum Gasteiger partial charge on any atom is -0.454 e. The van der Waals surface area contributed by atoms with Gasteiger partial charge in [-0.2, -0.15) is 0 Å². The zero-order valence-corrected chi connectivity index (χ0v) is 15.6. The first-order valence-corrected chi connectivity index (χ1v) is 9.45. The second-order valence-corrected chi connectivity index (χ2v) is 6.68. The Hall–Kier alpha value is -2.84. The van der Waals surface area contributed by atoms with Gasteiger partial charge < -0.3 is 24.8 Å². The molecule has 0 bridgehead atoms. The Morgan fingerprint density at radius 3 is 2.79 bits per heavy atom. The number of anilines is 1. The number of nitrogens with zero attached hydrogens (tertiary/aromatic N) is 2. The van der Waals surface area contributed by atoms with Crippen molar-refractivity contribution >= 4 is 11.6 Å². The molecule has 1 aromatic heterocycles. The number of aromatic nitrogens is 1. The number of carbonyl (C=O) groups excluding carboxylic acids is 1. The summed E-state index contributed by atoms with van der Waals surface area (Å²) in [7, 11) is 0. The Kier molecular flexibility index (Phi) is 5.89. The fourth-order valence-corrected chi connectivity index (χ4v) is 3.14. The molecule has 1 amide bonds. The molecule has 1 saturated heterocycles. The van der Waals surface area contributed by atoms with Gasteiger partial charge in [0.15, 0.2) is 11.5 Å². The van der Waals surface area contributed by atoms with E-state index in [9.17, 15) is 4.79 Å². The van der Waals surface area contributed by atoms with Gasteiger partial charge in [0.05, 0.1) is 25.1 Å². The number of fused-ring (bicyclic) bond motifs is 1. The molecule has 4 rings (SSSR count). The number of pyridine rings is 1. The lowest BCUT2D eigenvalue weighted by Gasteiger charge is -2.26. The molecule has 8 heteroatoms. The number of morpholine rings is 1. The number of hydrogen-bond donors (Lipinski definition) is 2. The van der Waals surface area contributed by atoms with Crippen LogP contribution in [0.4, 0.5) is 5.69 Å². The number of carbonyl (C=O) groups is 1. The summed E-state index contributed by atoms with van der Waals surface area (Å²) in [4.78, 5) is 18.9. The molecule has 2 aliphatic heterocycles. The lowest BCUT2D eigenvalue weighted by atomic mass is 10.2. The van der Waals surface area contributed by atoms with E-state index in [1.807, 2.05) is 24.3 Å². The average Bonchev–Trinajstić information content (AvgIpc) is 3.21. The minimum absolute atomic E-state index is 0.211. The monoisotopic (exact) mass is 384 g/mol. The van der Waals surface area contributed by atoms with Gasteiger partial charge in [-0.1, -0.05) is 6.07 Å². The third-order valence-electron chi connectivity index (χ3n) is 4.75. The SMILES string of the molecule is O=C(NCc1ccc2c(c1)OCO2)c1ccc(NCCN2CCOCC2)cn1. The Morgan fingerprint density at radius 1 is 1.11 bits per heavy atom. The van der Waals surface area contributed by atoms with Crippen molar-refractivity contribution in [3.63, 3.8) is 0 Å². The fraction of sp³-hybridized carbons (Fsp3) is 0.400. The molecule has 2 aromatic rings. The fourth-order valence-electron chi connectivity index (χ4n) is 3.14. The molecule has 0 spiro atoms. The van der Waals surface area contributed by atoms with E-state index in [1.54, 1.807) is 12.3 Å². The maximum absolute atomic E-state index is 12.3. The summed E-state index contributed by atoms with van der Waals surface area (Å²) >= 11 is 0. The number of amides is 1. The smallest absolute Gasteiger partial charge is 0.270 e. The highest BCUT2D eigenvalue weighted by Crippen LogP contribution is 2.32. The van der Waals surface area contributed by atoms with Gasteiger partial charge in [0.1, 0.15) is 5.69 Å². The van der Waals surface area contributed by atoms with Gasteiger partial charge >= 0.3 is 0 Å². The Bertz CT molecular complexity index is 806. The maximum Gasteiger partial charge on any atom is 0.270 e. The first-order chi connectivity index (χ1) is 13.8. The van der Waals surface area contributed by atoms with Crippen molar-refractivity contribution in [3.8, 4) is 11.5 Å². The second-order valence-electron chi connectivity index (χ2n) is 6.68. The van der Waals surface area contributed by atoms with Gasteiger partial charge in [-0.15, -0.1) is 0 Å². The van der Waals surface area contributed by atoms with Crippen LogP contribution in [-0.4, -0.2) is 62.0 Å². The van der Waals surface area contributed by atoms with Crippen LogP contribution in [0.25, 0.3) is 0 Å². The van der Waals surface area contributed by atoms with E-state index in [4.69, 9.17) is 14.2 Å². The van der Waals surface area contributed by atoms with E-state index in [0.29, 0.717) is 18.0 Å². The summed E-state index contributed by atoms with van der Waals surface area (Å²) in [5.74, 6) is 1.23. The van der Waals surface area contributed by atoms with Crippen LogP contribution in [0.2, 0.25) is 0 Å². The van der Waals surface area contributed by atoms with Crippen LogP contribution in [0.5, 0.6) is 11.5 Å². The van der Waals surface area contributed by atoms with Gasteiger partial charge in [-0.3, -0.25) is 9.69 Å². The van der Waals surface area contributed by atoms with Crippen LogP contribution in [0.1, 0.15) is 16.1 Å². The standard InChI is InChI=1S/C20H24N4O4/c25-20(23-12-15-1-4-18-19(11-15)28-14-27-18)17-3-2-16(13-22-17)21-5-6-24-7-9-26-10-8-24/h1-4,11,13,21H,5-10,12,14H2,(H,23,25). The molecule has 0 atom stereocenters. The Morgan fingerprint density at radius 2 is 1.96 bits per heavy atom. The quantitative estimate of drug-likeness (QED) is 0.748. The molecule has 3 heterocycles. The van der Waals surface area contributed by atoms with E-state index >= 15 is 0 Å². The van der Waals surface area contributed by atoms with Crippen molar-refractivity contribution in [3.05, 3.63) is 47.8 Å². The van der Waals surface area contributed by atoms with Gasteiger partial charge in [-0.05, 0) is 29.8 Å². The van der Waals surface area contributed by atoms with E-state index in [0.717, 1.165) is 56.4 Å². The van der Waals surface area contributed by atoms with Crippen LogP contribution >= 0.6 is 0 Å². The van der Waals surface area contributed by atoms with E-state index in [2.05, 4.69) is 20.5 Å². The molecule has 1 fully saturated rings. The number of rotatable bonds is 7. The molecule has 8 nitrogen and oxygen atoms in total. The molecule has 1 aromatic carbocycles. The molecule has 0 radical (unpaired) electrons. The largest absolute Gasteiger partial charge is 0.454 e. The summed E-state index contributed by atoms with van der Waals surface area (Å²) in [5.41, 5.74) is 2.24. The molecule has 2 aliphatic rings. The third-order valence-corrected chi connectivity index (χ3v) is 4.75. The Labute approximate surface area is 163 Å². The Balaban J connectivity index is 1.23. The number of ether oxygens (including phenoxy) is 3. The summed E-state index contributed by atoms with van der Waals surface area (Å²) in [6.07, 6.45) is 1.69. The predicted molar refractivity (Wildman–Crippen MR) is 104 cm³/mol. The number of nitrogens with one attached hydrogen (secondary N) is 2. The number of benzene rings is 1.